The van der Waals surface area contributed by atoms with E-state index in [9.17, 15) is 0 Å². The SMILES string of the molecule is C=CCP.P. The second-order valence-electron chi connectivity index (χ2n) is 0.524. The Kier molecular flexibility index (Phi) is 16.1. The summed E-state index contributed by atoms with van der Waals surface area (Å²) in [6.45, 7) is 3.46. The van der Waals surface area contributed by atoms with E-state index in [0.29, 0.717) is 0 Å². The molecule has 0 aliphatic rings. The first-order chi connectivity index (χ1) is 1.91. The Hall–Kier alpha value is 0.600. The predicted molar refractivity (Wildman–Crippen MR) is 35.9 cm³/mol. The van der Waals surface area contributed by atoms with E-state index in [1.54, 1.807) is 0 Å². The van der Waals surface area contributed by atoms with Crippen molar-refractivity contribution in [2.45, 2.75) is 0 Å². The van der Waals surface area contributed by atoms with Crippen molar-refractivity contribution in [3.63, 3.8) is 0 Å². The summed E-state index contributed by atoms with van der Waals surface area (Å²) in [6.07, 6.45) is 2.84. The highest BCUT2D eigenvalue weighted by Gasteiger charge is 1.44. The van der Waals surface area contributed by atoms with Gasteiger partial charge in [-0.3, -0.25) is 0 Å². The van der Waals surface area contributed by atoms with Crippen molar-refractivity contribution in [3.8, 4) is 0 Å². The van der Waals surface area contributed by atoms with Gasteiger partial charge in [-0.1, -0.05) is 6.08 Å². The highest BCUT2D eigenvalue weighted by Crippen LogP contribution is 1.74. The van der Waals surface area contributed by atoms with Gasteiger partial charge in [-0.15, -0.1) is 15.8 Å². The van der Waals surface area contributed by atoms with Gasteiger partial charge in [0.15, 0.2) is 0 Å². The maximum absolute atomic E-state index is 3.46. The maximum Gasteiger partial charge on any atom is -0.0203 e. The summed E-state index contributed by atoms with van der Waals surface area (Å²) in [6, 6.07) is 0. The van der Waals surface area contributed by atoms with E-state index >= 15 is 0 Å². The number of hydrogen-bond acceptors (Lipinski definition) is 0. The molecular formula is C3H10P2. The maximum atomic E-state index is 3.46. The van der Waals surface area contributed by atoms with Crippen molar-refractivity contribution in [1.82, 2.24) is 0 Å². The van der Waals surface area contributed by atoms with Crippen LogP contribution in [-0.4, -0.2) is 6.16 Å². The quantitative estimate of drug-likeness (QED) is 0.348. The Bertz CT molecular complexity index is 18.9. The van der Waals surface area contributed by atoms with Gasteiger partial charge in [0.2, 0.25) is 0 Å². The Balaban J connectivity index is 0. The van der Waals surface area contributed by atoms with Gasteiger partial charge in [0.25, 0.3) is 0 Å². The fourth-order valence-corrected chi connectivity index (χ4v) is 0. The van der Waals surface area contributed by atoms with Gasteiger partial charge in [0.05, 0.1) is 0 Å². The molecule has 0 aliphatic carbocycles. The molecule has 2 unspecified atom stereocenters. The third-order valence-corrected chi connectivity index (χ3v) is 0.500. The van der Waals surface area contributed by atoms with Gasteiger partial charge in [0.1, 0.15) is 0 Å². The largest absolute Gasteiger partial charge is 0.153 e. The summed E-state index contributed by atoms with van der Waals surface area (Å²) >= 11 is 0. The number of allylic oxidation sites excluding steroid dienone is 1. The van der Waals surface area contributed by atoms with Crippen LogP contribution < -0.4 is 0 Å². The lowest BCUT2D eigenvalue weighted by Gasteiger charge is -1.58. The summed E-state index contributed by atoms with van der Waals surface area (Å²) in [5, 5.41) is 0. The van der Waals surface area contributed by atoms with Crippen LogP contribution in [-0.2, 0) is 0 Å². The third kappa shape index (κ3) is 12.1. The van der Waals surface area contributed by atoms with Crippen LogP contribution in [0.1, 0.15) is 0 Å². The summed E-state index contributed by atoms with van der Waals surface area (Å²) in [7, 11) is 2.54. The van der Waals surface area contributed by atoms with Crippen LogP contribution in [0.2, 0.25) is 0 Å². The smallest absolute Gasteiger partial charge is 0.0203 e. The summed E-state index contributed by atoms with van der Waals surface area (Å²) in [4.78, 5) is 0. The van der Waals surface area contributed by atoms with Gasteiger partial charge < -0.3 is 0 Å². The zero-order chi connectivity index (χ0) is 3.41. The second kappa shape index (κ2) is 8.82. The molecule has 0 saturated carbocycles. The lowest BCUT2D eigenvalue weighted by atomic mass is 10.8. The molecule has 0 nitrogen and oxygen atoms in total. The second-order valence-corrected chi connectivity index (χ2v) is 0.996. The van der Waals surface area contributed by atoms with Crippen molar-refractivity contribution in [1.29, 1.82) is 0 Å². The summed E-state index contributed by atoms with van der Waals surface area (Å²) in [5.74, 6) is 0. The average molecular weight is 108 g/mol. The molecule has 0 bridgehead atoms. The van der Waals surface area contributed by atoms with Crippen LogP contribution in [0, 0.1) is 0 Å². The Morgan fingerprint density at radius 2 is 2.00 bits per heavy atom. The predicted octanol–water partition coefficient (Wildman–Crippen LogP) is 1.11. The molecule has 0 saturated heterocycles. The molecule has 32 valence electrons. The molecule has 0 amide bonds. The Labute approximate surface area is 38.9 Å². The molecule has 0 aromatic carbocycles. The zero-order valence-corrected chi connectivity index (χ0v) is 5.84. The molecule has 0 fully saturated rings. The molecule has 2 atom stereocenters. The monoisotopic (exact) mass is 108 g/mol. The van der Waals surface area contributed by atoms with Crippen LogP contribution in [0.5, 0.6) is 0 Å². The van der Waals surface area contributed by atoms with Crippen molar-refractivity contribution < 1.29 is 0 Å². The fraction of sp³-hybridized carbons (Fsp3) is 0.333. The normalized spacial score (nSPS) is 5.00. The topological polar surface area (TPSA) is 0 Å². The van der Waals surface area contributed by atoms with Gasteiger partial charge in [-0.05, 0) is 6.16 Å². The Morgan fingerprint density at radius 3 is 2.00 bits per heavy atom. The first-order valence-electron chi connectivity index (χ1n) is 1.22. The van der Waals surface area contributed by atoms with E-state index in [1.165, 1.54) is 0 Å². The summed E-state index contributed by atoms with van der Waals surface area (Å²) in [5.41, 5.74) is 0. The first-order valence-corrected chi connectivity index (χ1v) is 2.04. The van der Waals surface area contributed by atoms with E-state index in [0.717, 1.165) is 6.16 Å². The van der Waals surface area contributed by atoms with Gasteiger partial charge >= 0.3 is 0 Å². The fourth-order valence-electron chi connectivity index (χ4n) is 0. The minimum Gasteiger partial charge on any atom is -0.153 e. The molecule has 0 aromatic rings. The van der Waals surface area contributed by atoms with Crippen molar-refractivity contribution >= 4 is 19.1 Å². The van der Waals surface area contributed by atoms with E-state index in [2.05, 4.69) is 15.8 Å². The lowest BCUT2D eigenvalue weighted by Crippen LogP contribution is -1.43. The van der Waals surface area contributed by atoms with Gasteiger partial charge in [-0.25, -0.2) is 0 Å². The van der Waals surface area contributed by atoms with E-state index < -0.39 is 0 Å². The molecule has 5 heavy (non-hydrogen) atoms. The molecule has 0 rings (SSSR count). The van der Waals surface area contributed by atoms with Crippen LogP contribution >= 0.6 is 19.1 Å². The minimum absolute atomic E-state index is 0. The summed E-state index contributed by atoms with van der Waals surface area (Å²) < 4.78 is 0. The van der Waals surface area contributed by atoms with Crippen LogP contribution in [0.3, 0.4) is 0 Å². The van der Waals surface area contributed by atoms with Crippen molar-refractivity contribution in [2.24, 2.45) is 0 Å². The highest BCUT2D eigenvalue weighted by molar-refractivity contribution is 7.16. The molecule has 0 aliphatic heterocycles. The highest BCUT2D eigenvalue weighted by atomic mass is 31.0. The molecule has 0 spiro atoms. The first kappa shape index (κ1) is 9.14. The van der Waals surface area contributed by atoms with E-state index in [4.69, 9.17) is 0 Å². The third-order valence-electron chi connectivity index (χ3n) is 0.167. The Morgan fingerprint density at radius 1 is 1.80 bits per heavy atom. The molecule has 2 heteroatoms. The molecular weight excluding hydrogens is 98.0 g/mol. The molecule has 0 radical (unpaired) electrons. The zero-order valence-electron chi connectivity index (χ0n) is 3.28. The van der Waals surface area contributed by atoms with Crippen LogP contribution in [0.25, 0.3) is 0 Å². The van der Waals surface area contributed by atoms with E-state index in [-0.39, 0.29) is 9.90 Å². The molecule has 0 heterocycles. The molecule has 0 aromatic heterocycles. The molecule has 0 N–H and O–H groups in total. The number of rotatable bonds is 1. The van der Waals surface area contributed by atoms with Gasteiger partial charge in [0, 0.05) is 0 Å². The van der Waals surface area contributed by atoms with Crippen molar-refractivity contribution in [3.05, 3.63) is 12.7 Å². The van der Waals surface area contributed by atoms with E-state index in [1.807, 2.05) is 6.08 Å². The number of hydrogen-bond donors (Lipinski definition) is 0. The standard InChI is InChI=1S/C3H7P.H3P/c1-2-3-4;/h2H,1,3-4H2;1H3. The van der Waals surface area contributed by atoms with Crippen LogP contribution in [0.15, 0.2) is 12.7 Å². The van der Waals surface area contributed by atoms with Gasteiger partial charge in [-0.2, -0.15) is 9.90 Å². The average Bonchev–Trinajstić information content (AvgIpc) is 1.37. The van der Waals surface area contributed by atoms with Crippen LogP contribution in [0.4, 0.5) is 0 Å². The minimum atomic E-state index is 0. The van der Waals surface area contributed by atoms with Crippen molar-refractivity contribution in [2.75, 3.05) is 6.16 Å². The lowest BCUT2D eigenvalue weighted by molar-refractivity contribution is 1.83.